The summed E-state index contributed by atoms with van der Waals surface area (Å²) in [4.78, 5) is 22.9. The molecule has 162 valence electrons. The zero-order valence-corrected chi connectivity index (χ0v) is 18.3. The number of non-ortho nitro benzene ring substituents is 1. The lowest BCUT2D eigenvalue weighted by Gasteiger charge is -2.32. The number of aryl methyl sites for hydroxylation is 1. The fraction of sp³-hybridized carbons (Fsp3) is 0.381. The summed E-state index contributed by atoms with van der Waals surface area (Å²) in [5.74, 6) is -0.993. The Morgan fingerprint density at radius 3 is 2.30 bits per heavy atom. The quantitative estimate of drug-likeness (QED) is 0.338. The molecule has 0 radical (unpaired) electrons. The molecule has 0 aliphatic heterocycles. The molecule has 2 aromatic carbocycles. The van der Waals surface area contributed by atoms with E-state index in [1.54, 1.807) is 26.8 Å². The van der Waals surface area contributed by atoms with Gasteiger partial charge in [-0.1, -0.05) is 43.7 Å². The standard InChI is InChI=1S/C21H26N2O6S/c1-5-29-21(24)20(15(2)3)22(14-17-8-6-7-16(4)13-17)30(27,28)19-11-9-18(10-12-19)23(25)26/h6-13,15,20H,5,14H2,1-4H3/t20-/m1/s1. The van der Waals surface area contributed by atoms with Gasteiger partial charge in [0, 0.05) is 18.7 Å². The van der Waals surface area contributed by atoms with Crippen molar-refractivity contribution in [3.63, 3.8) is 0 Å². The van der Waals surface area contributed by atoms with Gasteiger partial charge in [-0.25, -0.2) is 8.42 Å². The lowest BCUT2D eigenvalue weighted by atomic mass is 10.0. The molecule has 2 aromatic rings. The van der Waals surface area contributed by atoms with Crippen molar-refractivity contribution in [2.24, 2.45) is 5.92 Å². The first kappa shape index (κ1) is 23.5. The summed E-state index contributed by atoms with van der Waals surface area (Å²) in [5.41, 5.74) is 1.46. The third-order valence-electron chi connectivity index (χ3n) is 4.54. The molecule has 0 bridgehead atoms. The third kappa shape index (κ3) is 5.43. The first-order valence-electron chi connectivity index (χ1n) is 9.56. The number of carbonyl (C=O) groups excluding carboxylic acids is 1. The molecule has 8 nitrogen and oxygen atoms in total. The maximum Gasteiger partial charge on any atom is 0.324 e. The molecule has 30 heavy (non-hydrogen) atoms. The molecule has 2 rings (SSSR count). The third-order valence-corrected chi connectivity index (χ3v) is 6.39. The Balaban J connectivity index is 2.57. The molecule has 0 aromatic heterocycles. The van der Waals surface area contributed by atoms with Crippen molar-refractivity contribution >= 4 is 21.7 Å². The van der Waals surface area contributed by atoms with Crippen LogP contribution in [0.25, 0.3) is 0 Å². The average Bonchev–Trinajstić information content (AvgIpc) is 2.67. The Labute approximate surface area is 176 Å². The molecule has 0 aliphatic rings. The number of nitro benzene ring substituents is 1. The van der Waals surface area contributed by atoms with Crippen molar-refractivity contribution in [3.05, 3.63) is 69.8 Å². The van der Waals surface area contributed by atoms with Crippen molar-refractivity contribution < 1.29 is 22.9 Å². The number of hydrogen-bond acceptors (Lipinski definition) is 6. The van der Waals surface area contributed by atoms with E-state index in [1.807, 2.05) is 25.1 Å². The van der Waals surface area contributed by atoms with Crippen LogP contribution in [0, 0.1) is 23.0 Å². The van der Waals surface area contributed by atoms with E-state index in [0.717, 1.165) is 27.6 Å². The van der Waals surface area contributed by atoms with Crippen LogP contribution < -0.4 is 0 Å². The highest BCUT2D eigenvalue weighted by Gasteiger charge is 2.39. The van der Waals surface area contributed by atoms with Crippen molar-refractivity contribution in [1.82, 2.24) is 4.31 Å². The summed E-state index contributed by atoms with van der Waals surface area (Å²) < 4.78 is 33.3. The number of sulfonamides is 1. The molecule has 9 heteroatoms. The summed E-state index contributed by atoms with van der Waals surface area (Å²) >= 11 is 0. The van der Waals surface area contributed by atoms with E-state index in [9.17, 15) is 23.3 Å². The molecule has 0 unspecified atom stereocenters. The van der Waals surface area contributed by atoms with Crippen LogP contribution in [0.5, 0.6) is 0 Å². The summed E-state index contributed by atoms with van der Waals surface area (Å²) in [6.45, 7) is 7.13. The number of esters is 1. The molecular weight excluding hydrogens is 408 g/mol. The van der Waals surface area contributed by atoms with Crippen LogP contribution in [-0.2, 0) is 26.1 Å². The number of hydrogen-bond donors (Lipinski definition) is 0. The Morgan fingerprint density at radius 1 is 1.17 bits per heavy atom. The molecular formula is C21H26N2O6S. The zero-order chi connectivity index (χ0) is 22.5. The second-order valence-corrected chi connectivity index (χ2v) is 9.12. The minimum atomic E-state index is -4.15. The highest BCUT2D eigenvalue weighted by Crippen LogP contribution is 2.27. The monoisotopic (exact) mass is 434 g/mol. The van der Waals surface area contributed by atoms with E-state index in [2.05, 4.69) is 0 Å². The Kier molecular flexibility index (Phi) is 7.69. The largest absolute Gasteiger partial charge is 0.465 e. The van der Waals surface area contributed by atoms with Crippen molar-refractivity contribution in [3.8, 4) is 0 Å². The van der Waals surface area contributed by atoms with Gasteiger partial charge in [-0.2, -0.15) is 4.31 Å². The molecule has 0 aliphatic carbocycles. The fourth-order valence-corrected chi connectivity index (χ4v) is 4.85. The molecule has 0 fully saturated rings. The number of nitrogens with zero attached hydrogens (tertiary/aromatic N) is 2. The topological polar surface area (TPSA) is 107 Å². The van der Waals surface area contributed by atoms with Crippen molar-refractivity contribution in [1.29, 1.82) is 0 Å². The summed E-state index contributed by atoms with van der Waals surface area (Å²) in [5, 5.41) is 10.9. The number of benzene rings is 2. The molecule has 0 amide bonds. The van der Waals surface area contributed by atoms with Crippen LogP contribution in [0.4, 0.5) is 5.69 Å². The van der Waals surface area contributed by atoms with Gasteiger partial charge >= 0.3 is 5.97 Å². The molecule has 0 saturated carbocycles. The van der Waals surface area contributed by atoms with Crippen LogP contribution in [0.1, 0.15) is 31.9 Å². The normalized spacial score (nSPS) is 12.7. The van der Waals surface area contributed by atoms with Crippen LogP contribution >= 0.6 is 0 Å². The molecule has 0 saturated heterocycles. The van der Waals surface area contributed by atoms with E-state index in [0.29, 0.717) is 0 Å². The molecule has 0 heterocycles. The molecule has 0 spiro atoms. The van der Waals surface area contributed by atoms with Gasteiger partial charge in [-0.05, 0) is 37.5 Å². The van der Waals surface area contributed by atoms with E-state index < -0.39 is 27.0 Å². The van der Waals surface area contributed by atoms with Gasteiger partial charge in [0.2, 0.25) is 10.0 Å². The van der Waals surface area contributed by atoms with Crippen molar-refractivity contribution in [2.75, 3.05) is 6.61 Å². The van der Waals surface area contributed by atoms with Gasteiger partial charge in [0.25, 0.3) is 5.69 Å². The number of carbonyl (C=O) groups is 1. The fourth-order valence-electron chi connectivity index (χ4n) is 3.15. The van der Waals surface area contributed by atoms with E-state index >= 15 is 0 Å². The van der Waals surface area contributed by atoms with Crippen LogP contribution in [0.2, 0.25) is 0 Å². The van der Waals surface area contributed by atoms with Crippen molar-refractivity contribution in [2.45, 2.75) is 45.2 Å². The Hall–Kier alpha value is -2.78. The van der Waals surface area contributed by atoms with Gasteiger partial charge in [-0.3, -0.25) is 14.9 Å². The molecule has 1 atom stereocenters. The number of ether oxygens (including phenoxy) is 1. The van der Waals surface area contributed by atoms with Gasteiger partial charge in [0.05, 0.1) is 16.4 Å². The molecule has 0 N–H and O–H groups in total. The predicted octanol–water partition coefficient (Wildman–Crippen LogP) is 3.68. The van der Waals surface area contributed by atoms with Crippen LogP contribution in [0.15, 0.2) is 53.4 Å². The minimum Gasteiger partial charge on any atom is -0.465 e. The first-order chi connectivity index (χ1) is 14.1. The van der Waals surface area contributed by atoms with E-state index in [-0.39, 0.29) is 29.7 Å². The van der Waals surface area contributed by atoms with E-state index in [4.69, 9.17) is 4.74 Å². The lowest BCUT2D eigenvalue weighted by Crippen LogP contribution is -2.48. The predicted molar refractivity (Wildman–Crippen MR) is 112 cm³/mol. The first-order valence-corrected chi connectivity index (χ1v) is 11.0. The van der Waals surface area contributed by atoms with E-state index in [1.165, 1.54) is 12.1 Å². The zero-order valence-electron chi connectivity index (χ0n) is 17.4. The SMILES string of the molecule is CCOC(=O)[C@@H](C(C)C)N(Cc1cccc(C)c1)S(=O)(=O)c1ccc([N+](=O)[O-])cc1. The summed E-state index contributed by atoms with van der Waals surface area (Å²) in [7, 11) is -4.15. The average molecular weight is 435 g/mol. The smallest absolute Gasteiger partial charge is 0.324 e. The summed E-state index contributed by atoms with van der Waals surface area (Å²) in [6.07, 6.45) is 0. The number of nitro groups is 1. The summed E-state index contributed by atoms with van der Waals surface area (Å²) in [6, 6.07) is 10.9. The highest BCUT2D eigenvalue weighted by molar-refractivity contribution is 7.89. The van der Waals surface area contributed by atoms with Crippen LogP contribution in [0.3, 0.4) is 0 Å². The minimum absolute atomic E-state index is 0.0390. The lowest BCUT2D eigenvalue weighted by molar-refractivity contribution is -0.384. The second-order valence-electron chi connectivity index (χ2n) is 7.23. The maximum atomic E-state index is 13.5. The second kappa shape index (κ2) is 9.82. The van der Waals surface area contributed by atoms with Crippen LogP contribution in [-0.4, -0.2) is 36.3 Å². The Morgan fingerprint density at radius 2 is 1.80 bits per heavy atom. The highest BCUT2D eigenvalue weighted by atomic mass is 32.2. The van der Waals surface area contributed by atoms with Gasteiger partial charge in [0.1, 0.15) is 6.04 Å². The van der Waals surface area contributed by atoms with Gasteiger partial charge in [0.15, 0.2) is 0 Å². The number of rotatable bonds is 9. The van der Waals surface area contributed by atoms with Gasteiger partial charge < -0.3 is 4.74 Å². The van der Waals surface area contributed by atoms with Gasteiger partial charge in [-0.15, -0.1) is 0 Å². The maximum absolute atomic E-state index is 13.5. The Bertz CT molecular complexity index is 1000.